The molecule has 4 atom stereocenters. The number of aliphatic hydroxyl groups is 1. The molecule has 0 aromatic heterocycles. The molecule has 4 unspecified atom stereocenters. The van der Waals surface area contributed by atoms with Crippen molar-refractivity contribution in [1.29, 1.82) is 0 Å². The summed E-state index contributed by atoms with van der Waals surface area (Å²) in [5, 5.41) is 9.35. The molecule has 19 heavy (non-hydrogen) atoms. The van der Waals surface area contributed by atoms with E-state index in [1.807, 2.05) is 0 Å². The quantitative estimate of drug-likeness (QED) is 0.627. The number of rotatable bonds is 4. The van der Waals surface area contributed by atoms with Gasteiger partial charge in [0, 0.05) is 12.2 Å². The van der Waals surface area contributed by atoms with Crippen molar-refractivity contribution < 1.29 is 14.6 Å². The monoisotopic (exact) mass is 264 g/mol. The Kier molecular flexibility index (Phi) is 3.01. The smallest absolute Gasteiger partial charge is 0.333 e. The number of carbonyl (C=O) groups excluding carboxylic acids is 1. The van der Waals surface area contributed by atoms with Crippen LogP contribution >= 0.6 is 0 Å². The van der Waals surface area contributed by atoms with Crippen LogP contribution in [0.3, 0.4) is 0 Å². The molecule has 3 nitrogen and oxygen atoms in total. The molecule has 1 N–H and O–H groups in total. The number of esters is 1. The Morgan fingerprint density at radius 2 is 2.16 bits per heavy atom. The topological polar surface area (TPSA) is 46.5 Å². The molecular weight excluding hydrogens is 240 g/mol. The predicted octanol–water partition coefficient (Wildman–Crippen LogP) is 2.83. The first-order chi connectivity index (χ1) is 8.99. The fourth-order valence-corrected chi connectivity index (χ4v) is 5.05. The Labute approximate surface area is 115 Å². The van der Waals surface area contributed by atoms with Crippen LogP contribution in [-0.2, 0) is 9.53 Å². The van der Waals surface area contributed by atoms with E-state index in [0.29, 0.717) is 29.4 Å². The Balaban J connectivity index is 1.79. The van der Waals surface area contributed by atoms with E-state index in [4.69, 9.17) is 4.74 Å². The lowest BCUT2D eigenvalue weighted by Crippen LogP contribution is -2.47. The first kappa shape index (κ1) is 13.2. The Morgan fingerprint density at radius 1 is 1.37 bits per heavy atom. The molecule has 0 radical (unpaired) electrons. The van der Waals surface area contributed by atoms with E-state index in [9.17, 15) is 9.90 Å². The summed E-state index contributed by atoms with van der Waals surface area (Å²) >= 11 is 0. The van der Waals surface area contributed by atoms with Crippen LogP contribution in [0.4, 0.5) is 0 Å². The molecule has 3 rings (SSSR count). The third-order valence-corrected chi connectivity index (χ3v) is 5.80. The van der Waals surface area contributed by atoms with Gasteiger partial charge in [0.1, 0.15) is 5.60 Å². The summed E-state index contributed by atoms with van der Waals surface area (Å²) in [6.45, 7) is 5.70. The molecule has 3 bridgehead atoms. The van der Waals surface area contributed by atoms with Gasteiger partial charge in [-0.05, 0) is 69.1 Å². The molecule has 3 aliphatic carbocycles. The van der Waals surface area contributed by atoms with Gasteiger partial charge in [0.25, 0.3) is 0 Å². The summed E-state index contributed by atoms with van der Waals surface area (Å²) in [6, 6.07) is 0. The molecule has 0 amide bonds. The minimum atomic E-state index is -0.226. The Morgan fingerprint density at radius 3 is 2.84 bits per heavy atom. The predicted molar refractivity (Wildman–Crippen MR) is 72.5 cm³/mol. The highest BCUT2D eigenvalue weighted by molar-refractivity contribution is 5.87. The van der Waals surface area contributed by atoms with Crippen molar-refractivity contribution in [3.8, 4) is 0 Å². The average molecular weight is 264 g/mol. The number of aliphatic hydroxyl groups excluding tert-OH is 1. The first-order valence-corrected chi connectivity index (χ1v) is 7.48. The van der Waals surface area contributed by atoms with Gasteiger partial charge in [0.05, 0.1) is 0 Å². The van der Waals surface area contributed by atoms with Gasteiger partial charge in [0.15, 0.2) is 0 Å². The van der Waals surface area contributed by atoms with E-state index < -0.39 is 0 Å². The summed E-state index contributed by atoms with van der Waals surface area (Å²) in [5.41, 5.74) is 0.619. The largest absolute Gasteiger partial charge is 0.456 e. The molecule has 3 aliphatic rings. The van der Waals surface area contributed by atoms with Crippen molar-refractivity contribution in [2.75, 3.05) is 6.61 Å². The molecule has 0 aliphatic heterocycles. The zero-order chi connectivity index (χ0) is 13.7. The fraction of sp³-hybridized carbons (Fsp3) is 0.812. The third-order valence-electron chi connectivity index (χ3n) is 5.80. The second-order valence-corrected chi connectivity index (χ2v) is 7.10. The lowest BCUT2D eigenvalue weighted by Gasteiger charge is -2.48. The SMILES string of the molecule is C=C(C)C(=O)OC12CCC3(CCO)CC(CC3C1)C2. The summed E-state index contributed by atoms with van der Waals surface area (Å²) in [5.74, 6) is 1.10. The van der Waals surface area contributed by atoms with Crippen LogP contribution in [0.5, 0.6) is 0 Å². The Hall–Kier alpha value is -0.830. The van der Waals surface area contributed by atoms with Crippen molar-refractivity contribution in [3.63, 3.8) is 0 Å². The Bertz CT molecular complexity index is 416. The second kappa shape index (κ2) is 4.34. The van der Waals surface area contributed by atoms with Gasteiger partial charge in [-0.1, -0.05) is 6.58 Å². The van der Waals surface area contributed by atoms with Gasteiger partial charge in [0.2, 0.25) is 0 Å². The zero-order valence-electron chi connectivity index (χ0n) is 11.8. The summed E-state index contributed by atoms with van der Waals surface area (Å²) in [7, 11) is 0. The highest BCUT2D eigenvalue weighted by Crippen LogP contribution is 2.65. The van der Waals surface area contributed by atoms with E-state index in [-0.39, 0.29) is 11.6 Å². The maximum atomic E-state index is 11.9. The van der Waals surface area contributed by atoms with Gasteiger partial charge in [-0.15, -0.1) is 0 Å². The molecule has 0 aromatic rings. The van der Waals surface area contributed by atoms with Crippen LogP contribution in [0.2, 0.25) is 0 Å². The van der Waals surface area contributed by atoms with Crippen LogP contribution in [0.15, 0.2) is 12.2 Å². The molecular formula is C16H24O3. The van der Waals surface area contributed by atoms with Crippen molar-refractivity contribution in [3.05, 3.63) is 12.2 Å². The van der Waals surface area contributed by atoms with Gasteiger partial charge in [-0.25, -0.2) is 4.79 Å². The first-order valence-electron chi connectivity index (χ1n) is 7.48. The lowest BCUT2D eigenvalue weighted by molar-refractivity contribution is -0.168. The molecule has 0 aromatic carbocycles. The molecule has 0 saturated heterocycles. The number of hydrogen-bond donors (Lipinski definition) is 1. The molecule has 3 fully saturated rings. The van der Waals surface area contributed by atoms with Crippen LogP contribution < -0.4 is 0 Å². The van der Waals surface area contributed by atoms with Crippen LogP contribution in [0, 0.1) is 17.3 Å². The van der Waals surface area contributed by atoms with E-state index in [2.05, 4.69) is 6.58 Å². The second-order valence-electron chi connectivity index (χ2n) is 7.10. The molecule has 0 heterocycles. The normalized spacial score (nSPS) is 43.3. The summed E-state index contributed by atoms with van der Waals surface area (Å²) < 4.78 is 5.83. The van der Waals surface area contributed by atoms with Crippen molar-refractivity contribution in [2.24, 2.45) is 17.3 Å². The zero-order valence-corrected chi connectivity index (χ0v) is 11.8. The van der Waals surface area contributed by atoms with Crippen LogP contribution in [0.1, 0.15) is 51.9 Å². The molecule has 3 heteroatoms. The van der Waals surface area contributed by atoms with Gasteiger partial charge in [-0.3, -0.25) is 0 Å². The van der Waals surface area contributed by atoms with Crippen molar-refractivity contribution >= 4 is 5.97 Å². The van der Waals surface area contributed by atoms with E-state index in [0.717, 1.165) is 32.1 Å². The van der Waals surface area contributed by atoms with Crippen molar-refractivity contribution in [2.45, 2.75) is 57.5 Å². The maximum Gasteiger partial charge on any atom is 0.333 e. The van der Waals surface area contributed by atoms with E-state index in [1.165, 1.54) is 12.8 Å². The van der Waals surface area contributed by atoms with Gasteiger partial charge in [-0.2, -0.15) is 0 Å². The summed E-state index contributed by atoms with van der Waals surface area (Å²) in [4.78, 5) is 11.9. The van der Waals surface area contributed by atoms with E-state index >= 15 is 0 Å². The minimum Gasteiger partial charge on any atom is -0.456 e. The number of ether oxygens (including phenoxy) is 1. The van der Waals surface area contributed by atoms with Crippen LogP contribution in [0.25, 0.3) is 0 Å². The molecule has 106 valence electrons. The molecule has 3 saturated carbocycles. The number of carbonyl (C=O) groups is 1. The standard InChI is InChI=1S/C16H24O3/c1-11(2)14(18)19-16-4-3-15(5-6-17)8-12(9-16)7-13(15)10-16/h12-13,17H,1,3-10H2,2H3. The highest BCUT2D eigenvalue weighted by atomic mass is 16.6. The van der Waals surface area contributed by atoms with Crippen molar-refractivity contribution in [1.82, 2.24) is 0 Å². The van der Waals surface area contributed by atoms with Gasteiger partial charge >= 0.3 is 5.97 Å². The highest BCUT2D eigenvalue weighted by Gasteiger charge is 2.60. The van der Waals surface area contributed by atoms with Crippen LogP contribution in [-0.4, -0.2) is 23.3 Å². The summed E-state index contributed by atoms with van der Waals surface area (Å²) in [6.07, 6.45) is 7.53. The number of hydrogen-bond acceptors (Lipinski definition) is 3. The minimum absolute atomic E-state index is 0.223. The average Bonchev–Trinajstić information content (AvgIpc) is 2.52. The molecule has 0 spiro atoms. The van der Waals surface area contributed by atoms with Gasteiger partial charge < -0.3 is 9.84 Å². The van der Waals surface area contributed by atoms with E-state index in [1.54, 1.807) is 6.92 Å². The fourth-order valence-electron chi connectivity index (χ4n) is 5.05. The lowest BCUT2D eigenvalue weighted by atomic mass is 9.61. The number of fused-ring (bicyclic) bond motifs is 2. The maximum absolute atomic E-state index is 11.9. The third kappa shape index (κ3) is 2.03.